The first-order valence-electron chi connectivity index (χ1n) is 12.7. The van der Waals surface area contributed by atoms with Gasteiger partial charge in [-0.25, -0.2) is 9.59 Å². The van der Waals surface area contributed by atoms with Crippen LogP contribution in [-0.2, 0) is 26.3 Å². The van der Waals surface area contributed by atoms with Gasteiger partial charge in [-0.3, -0.25) is 19.7 Å². The van der Waals surface area contributed by atoms with Gasteiger partial charge >= 0.3 is 11.9 Å². The zero-order chi connectivity index (χ0) is 29.7. The van der Waals surface area contributed by atoms with Gasteiger partial charge in [0.2, 0.25) is 11.6 Å². The molecule has 0 bridgehead atoms. The summed E-state index contributed by atoms with van der Waals surface area (Å²) in [6.45, 7) is 7.53. The molecule has 1 atom stereocenters. The third kappa shape index (κ3) is 6.11. The van der Waals surface area contributed by atoms with Gasteiger partial charge in [0.25, 0.3) is 5.69 Å². The lowest BCUT2D eigenvalue weighted by Gasteiger charge is -2.15. The summed E-state index contributed by atoms with van der Waals surface area (Å²) >= 11 is 0. The first kappa shape index (κ1) is 29.8. The highest BCUT2D eigenvalue weighted by Crippen LogP contribution is 2.36. The molecule has 0 amide bonds. The molecule has 12 heteroatoms. The van der Waals surface area contributed by atoms with Crippen molar-refractivity contribution in [2.24, 2.45) is 23.3 Å². The van der Waals surface area contributed by atoms with Crippen LogP contribution in [0.5, 0.6) is 0 Å². The van der Waals surface area contributed by atoms with E-state index in [1.807, 2.05) is 13.8 Å². The first-order valence-corrected chi connectivity index (χ1v) is 12.7. The van der Waals surface area contributed by atoms with Crippen molar-refractivity contribution in [1.82, 2.24) is 4.57 Å². The van der Waals surface area contributed by atoms with Crippen LogP contribution in [0, 0.1) is 16.0 Å². The molecule has 1 unspecified atom stereocenters. The molecule has 0 saturated heterocycles. The van der Waals surface area contributed by atoms with E-state index in [9.17, 15) is 29.3 Å². The Balaban J connectivity index is 2.25. The quantitative estimate of drug-likeness (QED) is 0.102. The summed E-state index contributed by atoms with van der Waals surface area (Å²) in [7, 11) is 1.65. The lowest BCUT2D eigenvalue weighted by molar-refractivity contribution is -0.383. The van der Waals surface area contributed by atoms with Gasteiger partial charge in [-0.2, -0.15) is 0 Å². The van der Waals surface area contributed by atoms with Gasteiger partial charge in [-0.05, 0) is 44.0 Å². The van der Waals surface area contributed by atoms with Crippen molar-refractivity contribution in [2.45, 2.75) is 53.9 Å². The minimum atomic E-state index is -0.722. The van der Waals surface area contributed by atoms with E-state index in [0.29, 0.717) is 29.1 Å². The number of ketones is 2. The number of non-ortho nitro benzene ring substituents is 1. The minimum Gasteiger partial charge on any atom is -0.338 e. The Morgan fingerprint density at radius 3 is 2.12 bits per heavy atom. The highest BCUT2D eigenvalue weighted by atomic mass is 16.7. The van der Waals surface area contributed by atoms with Gasteiger partial charge in [0.1, 0.15) is 16.9 Å². The standard InChI is InChI=1S/C28H30N4O8/c1-7-9-18(8-2)25(30-40-17(5)34)28(36)19-10-11-23-21(12-19)22-13-20(27(35)15(3)29-39-16(4)33)14-24(32(37)38)26(22)31(23)6/h10-14,18H,7-9H2,1-6H3/b29-15+,30-25+. The van der Waals surface area contributed by atoms with Crippen LogP contribution in [0.15, 0.2) is 40.6 Å². The number of carbonyl (C=O) groups is 4. The summed E-state index contributed by atoms with van der Waals surface area (Å²) in [5, 5.41) is 20.3. The van der Waals surface area contributed by atoms with Crippen LogP contribution in [0.1, 0.15) is 74.6 Å². The number of nitro groups is 1. The highest BCUT2D eigenvalue weighted by Gasteiger charge is 2.27. The summed E-state index contributed by atoms with van der Waals surface area (Å²) in [6.07, 6.45) is 2.04. The smallest absolute Gasteiger partial charge is 0.331 e. The average molecular weight is 551 g/mol. The number of carbonyl (C=O) groups excluding carboxylic acids is 4. The summed E-state index contributed by atoms with van der Waals surface area (Å²) in [6, 6.07) is 7.45. The van der Waals surface area contributed by atoms with E-state index in [0.717, 1.165) is 19.4 Å². The van der Waals surface area contributed by atoms with Crippen molar-refractivity contribution in [1.29, 1.82) is 0 Å². The zero-order valence-corrected chi connectivity index (χ0v) is 23.1. The van der Waals surface area contributed by atoms with Crippen molar-refractivity contribution in [3.63, 3.8) is 0 Å². The van der Waals surface area contributed by atoms with Crippen molar-refractivity contribution in [2.75, 3.05) is 0 Å². The third-order valence-corrected chi connectivity index (χ3v) is 6.46. The number of Topliss-reactive ketones (excluding diaryl/α,β-unsaturated/α-hetero) is 2. The second-order valence-corrected chi connectivity index (χ2v) is 9.31. The number of nitro benzene ring substituents is 1. The molecule has 0 spiro atoms. The Labute approximate surface area is 229 Å². The maximum absolute atomic E-state index is 13.6. The predicted octanol–water partition coefficient (Wildman–Crippen LogP) is 5.29. The molecule has 0 fully saturated rings. The number of benzene rings is 2. The van der Waals surface area contributed by atoms with Gasteiger partial charge in [0, 0.05) is 60.3 Å². The van der Waals surface area contributed by atoms with E-state index in [1.54, 1.807) is 29.8 Å². The molecule has 12 nitrogen and oxygen atoms in total. The molecule has 0 aliphatic rings. The lowest BCUT2D eigenvalue weighted by atomic mass is 9.89. The first-order chi connectivity index (χ1) is 18.9. The fourth-order valence-corrected chi connectivity index (χ4v) is 4.58. The number of rotatable bonds is 11. The van der Waals surface area contributed by atoms with E-state index in [-0.39, 0.29) is 39.7 Å². The van der Waals surface area contributed by atoms with E-state index in [1.165, 1.54) is 19.9 Å². The molecule has 3 aromatic rings. The van der Waals surface area contributed by atoms with E-state index >= 15 is 0 Å². The van der Waals surface area contributed by atoms with Crippen LogP contribution >= 0.6 is 0 Å². The number of aryl methyl sites for hydroxylation is 1. The minimum absolute atomic E-state index is 0.0389. The van der Waals surface area contributed by atoms with E-state index in [4.69, 9.17) is 4.84 Å². The number of hydrogen-bond donors (Lipinski definition) is 0. The number of fused-ring (bicyclic) bond motifs is 3. The maximum atomic E-state index is 13.6. The molecule has 3 rings (SSSR count). The second-order valence-electron chi connectivity index (χ2n) is 9.31. The summed E-state index contributed by atoms with van der Waals surface area (Å²) in [4.78, 5) is 70.0. The zero-order valence-electron chi connectivity index (χ0n) is 23.1. The molecular weight excluding hydrogens is 520 g/mol. The Bertz CT molecular complexity index is 1600. The molecule has 2 aromatic carbocycles. The second kappa shape index (κ2) is 12.4. The highest BCUT2D eigenvalue weighted by molar-refractivity contribution is 6.47. The largest absolute Gasteiger partial charge is 0.338 e. The summed E-state index contributed by atoms with van der Waals surface area (Å²) in [5.74, 6) is -2.73. The van der Waals surface area contributed by atoms with Crippen LogP contribution < -0.4 is 0 Å². The molecule has 1 heterocycles. The van der Waals surface area contributed by atoms with Crippen LogP contribution in [0.2, 0.25) is 0 Å². The van der Waals surface area contributed by atoms with Crippen molar-refractivity contribution in [3.05, 3.63) is 51.6 Å². The Morgan fingerprint density at radius 2 is 1.55 bits per heavy atom. The molecular formula is C28H30N4O8. The van der Waals surface area contributed by atoms with Crippen molar-refractivity contribution < 1.29 is 33.8 Å². The van der Waals surface area contributed by atoms with E-state index in [2.05, 4.69) is 15.1 Å². The van der Waals surface area contributed by atoms with Crippen LogP contribution in [0.3, 0.4) is 0 Å². The summed E-state index contributed by atoms with van der Waals surface area (Å²) in [5.41, 5.74) is 0.658. The number of hydrogen-bond acceptors (Lipinski definition) is 10. The third-order valence-electron chi connectivity index (χ3n) is 6.46. The topological polar surface area (TPSA) is 160 Å². The van der Waals surface area contributed by atoms with Gasteiger partial charge in [0.05, 0.1) is 4.92 Å². The van der Waals surface area contributed by atoms with Gasteiger partial charge in [-0.1, -0.05) is 30.6 Å². The predicted molar refractivity (Wildman–Crippen MR) is 149 cm³/mol. The molecule has 0 N–H and O–H groups in total. The average Bonchev–Trinajstić information content (AvgIpc) is 3.20. The molecule has 0 saturated carbocycles. The number of oxime groups is 2. The number of aromatic nitrogens is 1. The molecule has 40 heavy (non-hydrogen) atoms. The number of nitrogens with zero attached hydrogens (tertiary/aromatic N) is 4. The molecule has 0 aliphatic heterocycles. The Morgan fingerprint density at radius 1 is 0.925 bits per heavy atom. The normalized spacial score (nSPS) is 12.8. The molecule has 0 aliphatic carbocycles. The van der Waals surface area contributed by atoms with Crippen molar-refractivity contribution >= 4 is 62.4 Å². The van der Waals surface area contributed by atoms with Crippen LogP contribution in [0.25, 0.3) is 21.8 Å². The molecule has 210 valence electrons. The SMILES string of the molecule is CCCC(CC)/C(=N\OC(C)=O)C(=O)c1ccc2c(c1)c1cc(C(=O)/C(C)=N/OC(C)=O)cc([N+](=O)[O-])c1n2C. The fourth-order valence-electron chi connectivity index (χ4n) is 4.58. The van der Waals surface area contributed by atoms with E-state index < -0.39 is 28.4 Å². The van der Waals surface area contributed by atoms with Gasteiger partial charge in [0.15, 0.2) is 0 Å². The van der Waals surface area contributed by atoms with Crippen LogP contribution in [-0.4, -0.2) is 44.4 Å². The van der Waals surface area contributed by atoms with Crippen LogP contribution in [0.4, 0.5) is 5.69 Å². The summed E-state index contributed by atoms with van der Waals surface area (Å²) < 4.78 is 1.62. The lowest BCUT2D eigenvalue weighted by Crippen LogP contribution is -2.25. The molecule has 1 aromatic heterocycles. The van der Waals surface area contributed by atoms with Crippen molar-refractivity contribution in [3.8, 4) is 0 Å². The maximum Gasteiger partial charge on any atom is 0.331 e. The molecule has 0 radical (unpaired) electrons. The monoisotopic (exact) mass is 550 g/mol. The fraction of sp³-hybridized carbons (Fsp3) is 0.357. The van der Waals surface area contributed by atoms with Gasteiger partial charge in [-0.15, -0.1) is 0 Å². The van der Waals surface area contributed by atoms with Gasteiger partial charge < -0.3 is 14.2 Å². The Kier molecular flexibility index (Phi) is 9.25. The Hall–Kier alpha value is -4.74.